The topological polar surface area (TPSA) is 64.1 Å². The van der Waals surface area contributed by atoms with Gasteiger partial charge in [-0.15, -0.1) is 0 Å². The number of likely N-dealkylation sites (tertiary alicyclic amines) is 2. The predicted molar refractivity (Wildman–Crippen MR) is 123 cm³/mol. The van der Waals surface area contributed by atoms with Gasteiger partial charge in [0.2, 0.25) is 11.8 Å². The maximum Gasteiger partial charge on any atom is 0.222 e. The van der Waals surface area contributed by atoms with Gasteiger partial charge in [0.25, 0.3) is 0 Å². The molecule has 0 radical (unpaired) electrons. The first-order chi connectivity index (χ1) is 14.1. The van der Waals surface area contributed by atoms with Gasteiger partial charge in [-0.1, -0.05) is 0 Å². The number of rotatable bonds is 3. The summed E-state index contributed by atoms with van der Waals surface area (Å²) in [7, 11) is 0. The average Bonchev–Trinajstić information content (AvgIpc) is 2.69. The molecular formula is C24H45N3O3. The third kappa shape index (κ3) is 8.97. The Morgan fingerprint density at radius 2 is 1.07 bits per heavy atom. The maximum atomic E-state index is 11.2. The zero-order chi connectivity index (χ0) is 22.7. The van der Waals surface area contributed by atoms with Gasteiger partial charge in [-0.2, -0.15) is 0 Å². The van der Waals surface area contributed by atoms with Crippen LogP contribution in [-0.4, -0.2) is 69.4 Å². The number of aliphatic hydroxyl groups excluding tert-OH is 1. The van der Waals surface area contributed by atoms with E-state index in [1.165, 1.54) is 19.3 Å². The molecule has 3 rings (SSSR count). The van der Waals surface area contributed by atoms with E-state index >= 15 is 0 Å². The molecule has 0 bridgehead atoms. The number of hydrogen-bond acceptors (Lipinski definition) is 4. The molecule has 6 heteroatoms. The molecule has 3 aliphatic heterocycles. The highest BCUT2D eigenvalue weighted by atomic mass is 16.3. The Kier molecular flexibility index (Phi) is 11.9. The van der Waals surface area contributed by atoms with Crippen LogP contribution in [0.5, 0.6) is 0 Å². The molecule has 0 saturated carbocycles. The molecule has 6 nitrogen and oxygen atoms in total. The van der Waals surface area contributed by atoms with E-state index < -0.39 is 0 Å². The fourth-order valence-corrected chi connectivity index (χ4v) is 3.99. The molecular weight excluding hydrogens is 378 g/mol. The van der Waals surface area contributed by atoms with E-state index in [2.05, 4.69) is 41.5 Å². The molecule has 0 aromatic rings. The van der Waals surface area contributed by atoms with Crippen molar-refractivity contribution in [2.45, 2.75) is 111 Å². The molecule has 3 aliphatic rings. The van der Waals surface area contributed by atoms with Gasteiger partial charge in [-0.05, 0) is 86.1 Å². The third-order valence-corrected chi connectivity index (χ3v) is 5.81. The molecule has 2 fully saturated rings. The lowest BCUT2D eigenvalue weighted by Gasteiger charge is -2.30. The Labute approximate surface area is 184 Å². The molecule has 0 aliphatic carbocycles. The lowest BCUT2D eigenvalue weighted by atomic mass is 10.1. The van der Waals surface area contributed by atoms with Crippen molar-refractivity contribution in [1.82, 2.24) is 14.7 Å². The van der Waals surface area contributed by atoms with E-state index in [-0.39, 0.29) is 0 Å². The molecule has 0 aromatic carbocycles. The summed E-state index contributed by atoms with van der Waals surface area (Å²) < 4.78 is 0. The highest BCUT2D eigenvalue weighted by Gasteiger charge is 2.20. The summed E-state index contributed by atoms with van der Waals surface area (Å²) in [5.41, 5.74) is 0. The first-order valence-corrected chi connectivity index (χ1v) is 11.9. The standard InChI is InChI=1S/3C8H15NO/c3*1-7(2)9-6-4-3-5-8(9)10/h2*7H,3-6H2,1-2H3;5,7,10H,3-4,6H2,1-2H3. The maximum absolute atomic E-state index is 11.2. The van der Waals surface area contributed by atoms with Crippen LogP contribution in [0.3, 0.4) is 0 Å². The van der Waals surface area contributed by atoms with Gasteiger partial charge in [0.1, 0.15) is 0 Å². The first kappa shape index (κ1) is 26.3. The smallest absolute Gasteiger partial charge is 0.222 e. The summed E-state index contributed by atoms with van der Waals surface area (Å²) in [6.07, 6.45) is 10.1. The molecule has 0 unspecified atom stereocenters. The molecule has 3 heterocycles. The second kappa shape index (κ2) is 13.6. The molecule has 0 aromatic heterocycles. The number of allylic oxidation sites excluding steroid dienone is 1. The molecule has 174 valence electrons. The van der Waals surface area contributed by atoms with Gasteiger partial charge in [-0.25, -0.2) is 0 Å². The van der Waals surface area contributed by atoms with Crippen molar-refractivity contribution in [1.29, 1.82) is 0 Å². The van der Waals surface area contributed by atoms with Crippen LogP contribution in [0.1, 0.15) is 92.9 Å². The fourth-order valence-electron chi connectivity index (χ4n) is 3.99. The zero-order valence-corrected chi connectivity index (χ0v) is 20.2. The number of carbonyl (C=O) groups excluding carboxylic acids is 2. The highest BCUT2D eigenvalue weighted by Crippen LogP contribution is 2.15. The lowest BCUT2D eigenvalue weighted by Crippen LogP contribution is -2.40. The second-order valence-electron chi connectivity index (χ2n) is 9.27. The van der Waals surface area contributed by atoms with Crippen LogP contribution >= 0.6 is 0 Å². The molecule has 2 amide bonds. The second-order valence-corrected chi connectivity index (χ2v) is 9.27. The Morgan fingerprint density at radius 3 is 1.33 bits per heavy atom. The van der Waals surface area contributed by atoms with Crippen LogP contribution in [0, 0.1) is 0 Å². The van der Waals surface area contributed by atoms with Crippen molar-refractivity contribution in [2.24, 2.45) is 0 Å². The number of nitrogens with zero attached hydrogens (tertiary/aromatic N) is 3. The van der Waals surface area contributed by atoms with Gasteiger partial charge in [-0.3, -0.25) is 9.59 Å². The summed E-state index contributed by atoms with van der Waals surface area (Å²) in [6.45, 7) is 15.4. The van der Waals surface area contributed by atoms with Crippen LogP contribution < -0.4 is 0 Å². The van der Waals surface area contributed by atoms with Crippen LogP contribution in [0.4, 0.5) is 0 Å². The summed E-state index contributed by atoms with van der Waals surface area (Å²) in [5, 5.41) is 9.33. The average molecular weight is 424 g/mol. The fraction of sp³-hybridized carbons (Fsp3) is 0.833. The number of hydrogen-bond donors (Lipinski definition) is 1. The van der Waals surface area contributed by atoms with Crippen LogP contribution in [0.2, 0.25) is 0 Å². The van der Waals surface area contributed by atoms with E-state index in [4.69, 9.17) is 0 Å². The number of amides is 2. The molecule has 2 saturated heterocycles. The SMILES string of the molecule is CC(C)N1CCCC=C1O.CC(C)N1CCCCC1=O.CC(C)N1CCCCC1=O. The molecule has 0 spiro atoms. The Balaban J connectivity index is 0.000000225. The van der Waals surface area contributed by atoms with Gasteiger partial charge < -0.3 is 19.8 Å². The number of piperidine rings is 2. The lowest BCUT2D eigenvalue weighted by molar-refractivity contribution is -0.135. The van der Waals surface area contributed by atoms with Crippen LogP contribution in [0.15, 0.2) is 12.0 Å². The van der Waals surface area contributed by atoms with Gasteiger partial charge in [0.15, 0.2) is 5.88 Å². The number of aliphatic hydroxyl groups is 1. The largest absolute Gasteiger partial charge is 0.495 e. The van der Waals surface area contributed by atoms with Crippen molar-refractivity contribution in [3.05, 3.63) is 12.0 Å². The Morgan fingerprint density at radius 1 is 0.667 bits per heavy atom. The molecule has 30 heavy (non-hydrogen) atoms. The van der Waals surface area contributed by atoms with E-state index in [0.29, 0.717) is 35.8 Å². The minimum Gasteiger partial charge on any atom is -0.495 e. The predicted octanol–water partition coefficient (Wildman–Crippen LogP) is 4.70. The minimum atomic E-state index is 0.334. The first-order valence-electron chi connectivity index (χ1n) is 11.9. The minimum absolute atomic E-state index is 0.334. The van der Waals surface area contributed by atoms with Crippen molar-refractivity contribution in [3.63, 3.8) is 0 Å². The quantitative estimate of drug-likeness (QED) is 0.714. The van der Waals surface area contributed by atoms with Crippen molar-refractivity contribution < 1.29 is 14.7 Å². The van der Waals surface area contributed by atoms with Gasteiger partial charge in [0, 0.05) is 50.6 Å². The highest BCUT2D eigenvalue weighted by molar-refractivity contribution is 5.77. The van der Waals surface area contributed by atoms with Crippen molar-refractivity contribution >= 4 is 11.8 Å². The van der Waals surface area contributed by atoms with Crippen LogP contribution in [0.25, 0.3) is 0 Å². The summed E-state index contributed by atoms with van der Waals surface area (Å²) >= 11 is 0. The van der Waals surface area contributed by atoms with E-state index in [1.807, 2.05) is 20.8 Å². The van der Waals surface area contributed by atoms with E-state index in [0.717, 1.165) is 51.7 Å². The molecule has 1 N–H and O–H groups in total. The van der Waals surface area contributed by atoms with Crippen molar-refractivity contribution in [2.75, 3.05) is 19.6 Å². The normalized spacial score (nSPS) is 20.0. The van der Waals surface area contributed by atoms with Crippen LogP contribution in [-0.2, 0) is 9.59 Å². The zero-order valence-electron chi connectivity index (χ0n) is 20.2. The third-order valence-electron chi connectivity index (χ3n) is 5.81. The van der Waals surface area contributed by atoms with E-state index in [1.54, 1.807) is 0 Å². The van der Waals surface area contributed by atoms with E-state index in [9.17, 15) is 14.7 Å². The summed E-state index contributed by atoms with van der Waals surface area (Å²) in [4.78, 5) is 28.3. The Bertz CT molecular complexity index is 526. The molecule has 0 atom stereocenters. The van der Waals surface area contributed by atoms with Gasteiger partial charge in [0.05, 0.1) is 0 Å². The summed E-state index contributed by atoms with van der Waals surface area (Å²) in [5.74, 6) is 1.13. The van der Waals surface area contributed by atoms with Crippen molar-refractivity contribution in [3.8, 4) is 0 Å². The Hall–Kier alpha value is -1.72. The monoisotopic (exact) mass is 423 g/mol. The summed E-state index contributed by atoms with van der Waals surface area (Å²) in [6, 6.07) is 1.22. The number of carbonyl (C=O) groups is 2. The van der Waals surface area contributed by atoms with Gasteiger partial charge >= 0.3 is 0 Å².